The van der Waals surface area contributed by atoms with Crippen molar-refractivity contribution in [2.24, 2.45) is 0 Å². The van der Waals surface area contributed by atoms with E-state index in [1.807, 2.05) is 0 Å². The molecule has 0 unspecified atom stereocenters. The van der Waals surface area contributed by atoms with Gasteiger partial charge in [-0.3, -0.25) is 4.79 Å². The molecule has 0 saturated carbocycles. The summed E-state index contributed by atoms with van der Waals surface area (Å²) >= 11 is 0. The zero-order chi connectivity index (χ0) is 10.0. The van der Waals surface area contributed by atoms with E-state index in [-0.39, 0.29) is 5.56 Å². The van der Waals surface area contributed by atoms with Crippen LogP contribution in [0, 0.1) is 12.7 Å². The number of hydrogen-bond acceptors (Lipinski definition) is 2. The van der Waals surface area contributed by atoms with E-state index in [0.717, 1.165) is 6.07 Å². The van der Waals surface area contributed by atoms with Crippen molar-refractivity contribution < 1.29 is 19.1 Å². The average molecular weight is 182 g/mol. The second kappa shape index (κ2) is 3.35. The Balaban J connectivity index is 3.23. The zero-order valence-corrected chi connectivity index (χ0v) is 6.87. The first-order valence-electron chi connectivity index (χ1n) is 3.56. The Hall–Kier alpha value is -1.71. The molecule has 1 aromatic rings. The fourth-order valence-corrected chi connectivity index (χ4v) is 0.938. The number of carbonyl (C=O) groups excluding carboxylic acids is 1. The van der Waals surface area contributed by atoms with Gasteiger partial charge in [0.25, 0.3) is 5.78 Å². The summed E-state index contributed by atoms with van der Waals surface area (Å²) in [6, 6.07) is 4.06. The average Bonchev–Trinajstić information content (AvgIpc) is 2.08. The maximum atomic E-state index is 13.1. The Morgan fingerprint density at radius 1 is 1.38 bits per heavy atom. The third-order valence-corrected chi connectivity index (χ3v) is 1.63. The molecule has 1 aromatic carbocycles. The lowest BCUT2D eigenvalue weighted by molar-refractivity contribution is -0.131. The van der Waals surface area contributed by atoms with Crippen LogP contribution in [0.4, 0.5) is 4.39 Å². The van der Waals surface area contributed by atoms with Crippen LogP contribution in [0.3, 0.4) is 0 Å². The van der Waals surface area contributed by atoms with E-state index < -0.39 is 23.1 Å². The van der Waals surface area contributed by atoms with Gasteiger partial charge in [-0.2, -0.15) is 0 Å². The predicted octanol–water partition coefficient (Wildman–Crippen LogP) is 1.40. The molecule has 0 aromatic heterocycles. The molecule has 0 atom stereocenters. The van der Waals surface area contributed by atoms with Crippen molar-refractivity contribution in [3.8, 4) is 0 Å². The summed E-state index contributed by atoms with van der Waals surface area (Å²) in [6.45, 7) is 1.47. The van der Waals surface area contributed by atoms with Gasteiger partial charge in [-0.25, -0.2) is 9.18 Å². The highest BCUT2D eigenvalue weighted by atomic mass is 19.1. The molecular weight excluding hydrogens is 175 g/mol. The number of benzene rings is 1. The van der Waals surface area contributed by atoms with Crippen LogP contribution in [0.15, 0.2) is 18.2 Å². The van der Waals surface area contributed by atoms with E-state index in [1.54, 1.807) is 0 Å². The number of ketones is 1. The number of halogens is 1. The van der Waals surface area contributed by atoms with E-state index in [2.05, 4.69) is 0 Å². The summed E-state index contributed by atoms with van der Waals surface area (Å²) in [6.07, 6.45) is 0. The summed E-state index contributed by atoms with van der Waals surface area (Å²) in [7, 11) is 0. The third-order valence-electron chi connectivity index (χ3n) is 1.63. The largest absolute Gasteiger partial charge is 0.475 e. The van der Waals surface area contributed by atoms with Crippen LogP contribution < -0.4 is 0 Å². The summed E-state index contributed by atoms with van der Waals surface area (Å²) in [4.78, 5) is 21.1. The van der Waals surface area contributed by atoms with Crippen LogP contribution in [-0.2, 0) is 4.79 Å². The summed E-state index contributed by atoms with van der Waals surface area (Å²) in [5.74, 6) is -3.64. The van der Waals surface area contributed by atoms with Crippen LogP contribution in [0.5, 0.6) is 0 Å². The maximum Gasteiger partial charge on any atom is 0.377 e. The highest BCUT2D eigenvalue weighted by Gasteiger charge is 2.19. The van der Waals surface area contributed by atoms with Gasteiger partial charge >= 0.3 is 5.97 Å². The molecule has 0 amide bonds. The number of hydrogen-bond donors (Lipinski definition) is 1. The van der Waals surface area contributed by atoms with Crippen molar-refractivity contribution >= 4 is 11.8 Å². The van der Waals surface area contributed by atoms with E-state index in [0.29, 0.717) is 0 Å². The Morgan fingerprint density at radius 3 is 2.54 bits per heavy atom. The maximum absolute atomic E-state index is 13.1. The van der Waals surface area contributed by atoms with E-state index >= 15 is 0 Å². The van der Waals surface area contributed by atoms with Crippen molar-refractivity contribution in [1.29, 1.82) is 0 Å². The second-order valence-electron chi connectivity index (χ2n) is 2.57. The second-order valence-corrected chi connectivity index (χ2v) is 2.57. The number of carboxylic acid groups (broad SMARTS) is 1. The standard InChI is InChI=1S/C9H7FO3/c1-5-3-2-4-6(7(5)10)8(11)9(12)13/h2-4H,1H3,(H,12,13). The zero-order valence-electron chi connectivity index (χ0n) is 6.87. The normalized spacial score (nSPS) is 9.69. The molecule has 0 radical (unpaired) electrons. The van der Waals surface area contributed by atoms with Crippen LogP contribution in [0.1, 0.15) is 15.9 Å². The summed E-state index contributed by atoms with van der Waals surface area (Å²) in [5.41, 5.74) is -0.139. The minimum absolute atomic E-state index is 0.257. The van der Waals surface area contributed by atoms with E-state index in [9.17, 15) is 14.0 Å². The Morgan fingerprint density at radius 2 is 2.00 bits per heavy atom. The molecule has 4 heteroatoms. The number of aryl methyl sites for hydroxylation is 1. The van der Waals surface area contributed by atoms with Gasteiger partial charge in [-0.15, -0.1) is 0 Å². The summed E-state index contributed by atoms with van der Waals surface area (Å²) in [5, 5.41) is 8.33. The number of carbonyl (C=O) groups is 2. The Labute approximate surface area is 73.8 Å². The first-order chi connectivity index (χ1) is 6.04. The van der Waals surface area contributed by atoms with Gasteiger partial charge < -0.3 is 5.11 Å². The van der Waals surface area contributed by atoms with E-state index in [1.165, 1.54) is 19.1 Å². The molecule has 1 N–H and O–H groups in total. The molecule has 0 bridgehead atoms. The quantitative estimate of drug-likeness (QED) is 0.555. The molecule has 0 fully saturated rings. The number of rotatable bonds is 2. The van der Waals surface area contributed by atoms with Crippen LogP contribution in [0.2, 0.25) is 0 Å². The first kappa shape index (κ1) is 9.38. The molecule has 0 heterocycles. The SMILES string of the molecule is Cc1cccc(C(=O)C(=O)O)c1F. The lowest BCUT2D eigenvalue weighted by atomic mass is 10.1. The molecule has 0 saturated heterocycles. The van der Waals surface area contributed by atoms with Crippen LogP contribution in [-0.4, -0.2) is 16.9 Å². The van der Waals surface area contributed by atoms with Gasteiger partial charge in [-0.05, 0) is 18.6 Å². The molecule has 0 aliphatic rings. The minimum Gasteiger partial charge on any atom is -0.475 e. The third kappa shape index (κ3) is 1.72. The van der Waals surface area contributed by atoms with Crippen molar-refractivity contribution in [2.45, 2.75) is 6.92 Å². The van der Waals surface area contributed by atoms with Gasteiger partial charge in [0.2, 0.25) is 0 Å². The molecule has 3 nitrogen and oxygen atoms in total. The van der Waals surface area contributed by atoms with Gasteiger partial charge in [-0.1, -0.05) is 12.1 Å². The highest BCUT2D eigenvalue weighted by molar-refractivity contribution is 6.39. The summed E-state index contributed by atoms with van der Waals surface area (Å²) < 4.78 is 13.1. The lowest BCUT2D eigenvalue weighted by Gasteiger charge is -2.00. The minimum atomic E-state index is -1.65. The number of aliphatic carboxylic acids is 1. The molecule has 0 spiro atoms. The fourth-order valence-electron chi connectivity index (χ4n) is 0.938. The van der Waals surface area contributed by atoms with Crippen molar-refractivity contribution in [2.75, 3.05) is 0 Å². The molecular formula is C9H7FO3. The molecule has 0 aliphatic heterocycles. The smallest absolute Gasteiger partial charge is 0.377 e. The van der Waals surface area contributed by atoms with Crippen LogP contribution in [0.25, 0.3) is 0 Å². The van der Waals surface area contributed by atoms with Gasteiger partial charge in [0.05, 0.1) is 5.56 Å². The van der Waals surface area contributed by atoms with E-state index in [4.69, 9.17) is 5.11 Å². The first-order valence-corrected chi connectivity index (χ1v) is 3.56. The monoisotopic (exact) mass is 182 g/mol. The number of carboxylic acids is 1. The lowest BCUT2D eigenvalue weighted by Crippen LogP contribution is -2.14. The van der Waals surface area contributed by atoms with Crippen molar-refractivity contribution in [3.05, 3.63) is 35.1 Å². The van der Waals surface area contributed by atoms with Gasteiger partial charge in [0.1, 0.15) is 5.82 Å². The highest BCUT2D eigenvalue weighted by Crippen LogP contribution is 2.12. The van der Waals surface area contributed by atoms with Gasteiger partial charge in [0.15, 0.2) is 0 Å². The van der Waals surface area contributed by atoms with Gasteiger partial charge in [0, 0.05) is 0 Å². The molecule has 68 valence electrons. The Kier molecular flexibility index (Phi) is 2.41. The Bertz CT molecular complexity index is 371. The topological polar surface area (TPSA) is 54.4 Å². The van der Waals surface area contributed by atoms with Crippen LogP contribution >= 0.6 is 0 Å². The molecule has 1 rings (SSSR count). The predicted molar refractivity (Wildman–Crippen MR) is 43.1 cm³/mol. The number of Topliss-reactive ketones (excluding diaryl/α,β-unsaturated/α-hetero) is 1. The van der Waals surface area contributed by atoms with Crippen molar-refractivity contribution in [1.82, 2.24) is 0 Å². The van der Waals surface area contributed by atoms with Crippen molar-refractivity contribution in [3.63, 3.8) is 0 Å². The molecule has 0 aliphatic carbocycles. The molecule has 13 heavy (non-hydrogen) atoms. The fraction of sp³-hybridized carbons (Fsp3) is 0.111.